The van der Waals surface area contributed by atoms with Crippen LogP contribution in [0.5, 0.6) is 0 Å². The molecule has 4 atom stereocenters. The summed E-state index contributed by atoms with van der Waals surface area (Å²) in [4.78, 5) is 12.1. The Labute approximate surface area is 126 Å². The Hall–Kier alpha value is 0.0900. The quantitative estimate of drug-likeness (QED) is 0.808. The van der Waals surface area contributed by atoms with E-state index in [1.54, 1.807) is 0 Å². The maximum absolute atomic E-state index is 11.2. The lowest BCUT2D eigenvalue weighted by molar-refractivity contribution is -0.144. The number of aliphatic hydroxyl groups is 1. The van der Waals surface area contributed by atoms with Gasteiger partial charge in [0.15, 0.2) is 0 Å². The van der Waals surface area contributed by atoms with Gasteiger partial charge in [0, 0.05) is 15.3 Å². The van der Waals surface area contributed by atoms with Crippen molar-refractivity contribution in [3.05, 3.63) is 19.2 Å². The van der Waals surface area contributed by atoms with Crippen molar-refractivity contribution in [2.24, 2.45) is 17.8 Å². The van der Waals surface area contributed by atoms with Crippen LogP contribution >= 0.6 is 43.2 Å². The molecule has 2 rings (SSSR count). The van der Waals surface area contributed by atoms with Gasteiger partial charge < -0.3 is 10.2 Å². The van der Waals surface area contributed by atoms with Crippen LogP contribution in [0.3, 0.4) is 0 Å². The maximum atomic E-state index is 11.2. The third-order valence-electron chi connectivity index (χ3n) is 3.53. The van der Waals surface area contributed by atoms with Crippen LogP contribution in [0, 0.1) is 17.8 Å². The standard InChI is InChI=1S/C12H14Br2O3S/c1-5-2-6(7(3-5)12(16)17)10(15)9-4-8(13)11(14)18-9/h4-7,10,15H,2-3H2,1H3,(H,16,17). The van der Waals surface area contributed by atoms with Crippen molar-refractivity contribution in [1.82, 2.24) is 0 Å². The number of carboxylic acid groups (broad SMARTS) is 1. The number of aliphatic carboxylic acids is 1. The molecule has 0 aromatic carbocycles. The summed E-state index contributed by atoms with van der Waals surface area (Å²) in [5.41, 5.74) is 0. The molecule has 1 aromatic rings. The predicted octanol–water partition coefficient (Wildman–Crippen LogP) is 4.05. The number of halogens is 2. The van der Waals surface area contributed by atoms with Crippen LogP contribution in [0.25, 0.3) is 0 Å². The van der Waals surface area contributed by atoms with Gasteiger partial charge in [0.05, 0.1) is 15.8 Å². The van der Waals surface area contributed by atoms with Crippen molar-refractivity contribution in [3.63, 3.8) is 0 Å². The van der Waals surface area contributed by atoms with E-state index < -0.39 is 18.0 Å². The van der Waals surface area contributed by atoms with Crippen LogP contribution in [-0.2, 0) is 4.79 Å². The number of thiophene rings is 1. The number of carboxylic acids is 1. The van der Waals surface area contributed by atoms with Gasteiger partial charge in [-0.1, -0.05) is 6.92 Å². The topological polar surface area (TPSA) is 57.5 Å². The molecule has 2 N–H and O–H groups in total. The van der Waals surface area contributed by atoms with Crippen molar-refractivity contribution in [2.75, 3.05) is 0 Å². The number of hydrogen-bond donors (Lipinski definition) is 2. The smallest absolute Gasteiger partial charge is 0.306 e. The molecule has 0 spiro atoms. The van der Waals surface area contributed by atoms with Crippen LogP contribution in [0.4, 0.5) is 0 Å². The molecule has 0 radical (unpaired) electrons. The second-order valence-corrected chi connectivity index (χ2v) is 8.16. The van der Waals surface area contributed by atoms with E-state index in [0.717, 1.165) is 19.6 Å². The van der Waals surface area contributed by atoms with E-state index in [0.29, 0.717) is 12.3 Å². The molecule has 1 saturated carbocycles. The zero-order valence-electron chi connectivity index (χ0n) is 9.77. The zero-order chi connectivity index (χ0) is 13.4. The van der Waals surface area contributed by atoms with E-state index in [4.69, 9.17) is 0 Å². The SMILES string of the molecule is CC1CC(C(=O)O)C(C(O)c2cc(Br)c(Br)s2)C1. The first-order chi connectivity index (χ1) is 8.40. The van der Waals surface area contributed by atoms with E-state index in [2.05, 4.69) is 31.9 Å². The van der Waals surface area contributed by atoms with Gasteiger partial charge in [0.1, 0.15) is 0 Å². The molecule has 4 unspecified atom stereocenters. The Morgan fingerprint density at radius 1 is 1.50 bits per heavy atom. The van der Waals surface area contributed by atoms with Crippen LogP contribution in [0.2, 0.25) is 0 Å². The molecular formula is C12H14Br2O3S. The van der Waals surface area contributed by atoms with Crippen LogP contribution in [0.15, 0.2) is 14.3 Å². The Balaban J connectivity index is 2.22. The number of rotatable bonds is 3. The zero-order valence-corrected chi connectivity index (χ0v) is 13.8. The number of hydrogen-bond acceptors (Lipinski definition) is 3. The number of carbonyl (C=O) groups is 1. The van der Waals surface area contributed by atoms with Gasteiger partial charge in [0.25, 0.3) is 0 Å². The minimum atomic E-state index is -0.793. The highest BCUT2D eigenvalue weighted by Crippen LogP contribution is 2.46. The highest BCUT2D eigenvalue weighted by molar-refractivity contribution is 9.13. The average Bonchev–Trinajstić information content (AvgIpc) is 2.82. The van der Waals surface area contributed by atoms with E-state index in [1.165, 1.54) is 11.3 Å². The van der Waals surface area contributed by atoms with Gasteiger partial charge in [-0.3, -0.25) is 4.79 Å². The van der Waals surface area contributed by atoms with E-state index in [-0.39, 0.29) is 5.92 Å². The molecule has 0 saturated heterocycles. The van der Waals surface area contributed by atoms with E-state index >= 15 is 0 Å². The Morgan fingerprint density at radius 2 is 2.17 bits per heavy atom. The highest BCUT2D eigenvalue weighted by atomic mass is 79.9. The third-order valence-corrected chi connectivity index (χ3v) is 6.85. The van der Waals surface area contributed by atoms with Crippen molar-refractivity contribution < 1.29 is 15.0 Å². The minimum Gasteiger partial charge on any atom is -0.481 e. The fourth-order valence-electron chi connectivity index (χ4n) is 2.69. The lowest BCUT2D eigenvalue weighted by atomic mass is 9.90. The molecule has 6 heteroatoms. The molecule has 0 aliphatic heterocycles. The lowest BCUT2D eigenvalue weighted by Crippen LogP contribution is -2.23. The molecule has 100 valence electrons. The first-order valence-corrected chi connectivity index (χ1v) is 8.16. The first-order valence-electron chi connectivity index (χ1n) is 5.75. The second kappa shape index (κ2) is 5.61. The monoisotopic (exact) mass is 396 g/mol. The summed E-state index contributed by atoms with van der Waals surface area (Å²) >= 11 is 8.23. The van der Waals surface area contributed by atoms with Crippen LogP contribution in [0.1, 0.15) is 30.7 Å². The van der Waals surface area contributed by atoms with Gasteiger partial charge in [-0.2, -0.15) is 0 Å². The Morgan fingerprint density at radius 3 is 2.67 bits per heavy atom. The van der Waals surface area contributed by atoms with Gasteiger partial charge in [-0.15, -0.1) is 11.3 Å². The fourth-order valence-corrected chi connectivity index (χ4v) is 4.84. The average molecular weight is 398 g/mol. The molecule has 0 bridgehead atoms. The summed E-state index contributed by atoms with van der Waals surface area (Å²) in [5.74, 6) is -1.06. The van der Waals surface area contributed by atoms with Crippen molar-refractivity contribution in [2.45, 2.75) is 25.9 Å². The largest absolute Gasteiger partial charge is 0.481 e. The van der Waals surface area contributed by atoms with Crippen LogP contribution < -0.4 is 0 Å². The molecule has 0 amide bonds. The highest BCUT2D eigenvalue weighted by Gasteiger charge is 2.41. The summed E-state index contributed by atoms with van der Waals surface area (Å²) in [5, 5.41) is 19.6. The summed E-state index contributed by atoms with van der Waals surface area (Å²) in [6.07, 6.45) is 0.736. The second-order valence-electron chi connectivity index (χ2n) is 4.90. The fraction of sp³-hybridized carbons (Fsp3) is 0.583. The predicted molar refractivity (Wildman–Crippen MR) is 77.7 cm³/mol. The lowest BCUT2D eigenvalue weighted by Gasteiger charge is -2.21. The molecule has 1 aromatic heterocycles. The minimum absolute atomic E-state index is 0.185. The Kier molecular flexibility index (Phi) is 4.52. The number of aliphatic hydroxyl groups excluding tert-OH is 1. The summed E-state index contributed by atoms with van der Waals surface area (Å²) in [6, 6.07) is 1.86. The van der Waals surface area contributed by atoms with Crippen molar-refractivity contribution in [3.8, 4) is 0 Å². The van der Waals surface area contributed by atoms with E-state index in [9.17, 15) is 15.0 Å². The molecule has 1 heterocycles. The third kappa shape index (κ3) is 2.81. The summed E-state index contributed by atoms with van der Waals surface area (Å²) in [6.45, 7) is 2.04. The van der Waals surface area contributed by atoms with Gasteiger partial charge in [-0.25, -0.2) is 0 Å². The molecule has 3 nitrogen and oxygen atoms in total. The first kappa shape index (κ1) is 14.5. The molecule has 1 aliphatic carbocycles. The summed E-state index contributed by atoms with van der Waals surface area (Å²) < 4.78 is 1.83. The van der Waals surface area contributed by atoms with Crippen molar-refractivity contribution in [1.29, 1.82) is 0 Å². The molecule has 1 fully saturated rings. The van der Waals surface area contributed by atoms with E-state index in [1.807, 2.05) is 13.0 Å². The molecule has 1 aliphatic rings. The Bertz CT molecular complexity index is 441. The summed E-state index contributed by atoms with van der Waals surface area (Å²) in [7, 11) is 0. The molecule has 18 heavy (non-hydrogen) atoms. The van der Waals surface area contributed by atoms with Gasteiger partial charge >= 0.3 is 5.97 Å². The molecular weight excluding hydrogens is 384 g/mol. The van der Waals surface area contributed by atoms with Crippen molar-refractivity contribution >= 4 is 49.2 Å². The normalized spacial score (nSPS) is 29.4. The van der Waals surface area contributed by atoms with Gasteiger partial charge in [0.2, 0.25) is 0 Å². The maximum Gasteiger partial charge on any atom is 0.306 e. The van der Waals surface area contributed by atoms with Gasteiger partial charge in [-0.05, 0) is 56.7 Å². The van der Waals surface area contributed by atoms with Crippen LogP contribution in [-0.4, -0.2) is 16.2 Å².